The molecule has 0 aliphatic carbocycles. The summed E-state index contributed by atoms with van der Waals surface area (Å²) in [5.74, 6) is 0. The molecule has 3 aromatic carbocycles. The quantitative estimate of drug-likeness (QED) is 0.655. The fourth-order valence-corrected chi connectivity index (χ4v) is 6.20. The molecule has 1 atom stereocenters. The maximum Gasteiger partial charge on any atom is 0.172 e. The van der Waals surface area contributed by atoms with Crippen LogP contribution < -0.4 is 10.6 Å². The smallest absolute Gasteiger partial charge is 0.172 e. The second-order valence-electron chi connectivity index (χ2n) is 5.72. The third-order valence-corrected chi connectivity index (χ3v) is 7.51. The number of benzene rings is 3. The van der Waals surface area contributed by atoms with Crippen molar-refractivity contribution >= 4 is 29.1 Å². The van der Waals surface area contributed by atoms with Gasteiger partial charge in [0.15, 0.2) is 7.14 Å². The highest BCUT2D eigenvalue weighted by molar-refractivity contribution is 7.88. The summed E-state index contributed by atoms with van der Waals surface area (Å²) in [4.78, 5) is 0. The molecule has 0 spiro atoms. The lowest BCUT2D eigenvalue weighted by atomic mass is 10.1. The van der Waals surface area contributed by atoms with E-state index in [1.165, 1.54) is 0 Å². The zero-order valence-corrected chi connectivity index (χ0v) is 13.8. The van der Waals surface area contributed by atoms with Crippen LogP contribution in [0.25, 0.3) is 11.4 Å². The second-order valence-corrected chi connectivity index (χ2v) is 8.42. The van der Waals surface area contributed by atoms with Crippen molar-refractivity contribution in [2.45, 2.75) is 0 Å². The van der Waals surface area contributed by atoms with Gasteiger partial charge in [0.05, 0.1) is 11.6 Å². The van der Waals surface area contributed by atoms with E-state index in [1.54, 1.807) is 12.1 Å². The molecule has 24 heavy (non-hydrogen) atoms. The van der Waals surface area contributed by atoms with Crippen LogP contribution in [-0.4, -0.2) is 0 Å². The van der Waals surface area contributed by atoms with E-state index in [0.717, 1.165) is 27.1 Å². The van der Waals surface area contributed by atoms with E-state index >= 15 is 0 Å². The molecule has 0 saturated carbocycles. The van der Waals surface area contributed by atoms with Crippen molar-refractivity contribution in [3.63, 3.8) is 0 Å². The Morgan fingerprint density at radius 2 is 1.46 bits per heavy atom. The van der Waals surface area contributed by atoms with E-state index in [-0.39, 0.29) is 0 Å². The van der Waals surface area contributed by atoms with Crippen LogP contribution >= 0.6 is 7.14 Å². The summed E-state index contributed by atoms with van der Waals surface area (Å²) in [7, 11) is -2.89. The van der Waals surface area contributed by atoms with Gasteiger partial charge in [-0.25, -0.2) is 0 Å². The minimum absolute atomic E-state index is 0.601. The maximum absolute atomic E-state index is 14.2. The molecule has 0 saturated heterocycles. The predicted molar refractivity (Wildman–Crippen MR) is 98.8 cm³/mol. The van der Waals surface area contributed by atoms with Crippen LogP contribution in [0.3, 0.4) is 0 Å². The number of rotatable bonds is 2. The number of fused-ring (bicyclic) bond motifs is 1. The standard InChI is InChI=1S/C21H14NOP/c22-15-16-10-12-17(13-11-16)21-14-18-6-4-5-9-20(18)24(21,23)19-7-2-1-3-8-19/h1-14H. The summed E-state index contributed by atoms with van der Waals surface area (Å²) in [5, 5.41) is 11.6. The first kappa shape index (κ1) is 14.7. The van der Waals surface area contributed by atoms with E-state index in [9.17, 15) is 4.57 Å². The van der Waals surface area contributed by atoms with Crippen molar-refractivity contribution in [1.29, 1.82) is 5.26 Å². The zero-order valence-electron chi connectivity index (χ0n) is 12.9. The van der Waals surface area contributed by atoms with E-state index in [2.05, 4.69) is 6.07 Å². The minimum atomic E-state index is -2.89. The van der Waals surface area contributed by atoms with Gasteiger partial charge in [0.1, 0.15) is 0 Å². The summed E-state index contributed by atoms with van der Waals surface area (Å²) in [5.41, 5.74) is 2.51. The molecule has 0 bridgehead atoms. The highest BCUT2D eigenvalue weighted by Crippen LogP contribution is 2.61. The molecule has 0 aromatic heterocycles. The Morgan fingerprint density at radius 1 is 0.792 bits per heavy atom. The van der Waals surface area contributed by atoms with Gasteiger partial charge < -0.3 is 4.57 Å². The van der Waals surface area contributed by atoms with Crippen molar-refractivity contribution in [2.75, 3.05) is 0 Å². The average molecular weight is 327 g/mol. The van der Waals surface area contributed by atoms with Crippen molar-refractivity contribution in [3.8, 4) is 6.07 Å². The normalized spacial score (nSPS) is 18.5. The highest BCUT2D eigenvalue weighted by Gasteiger charge is 2.38. The van der Waals surface area contributed by atoms with E-state index in [1.807, 2.05) is 72.8 Å². The lowest BCUT2D eigenvalue weighted by Crippen LogP contribution is -2.15. The number of nitriles is 1. The molecule has 0 amide bonds. The molecule has 0 fully saturated rings. The van der Waals surface area contributed by atoms with Crippen molar-refractivity contribution in [1.82, 2.24) is 0 Å². The topological polar surface area (TPSA) is 40.9 Å². The van der Waals surface area contributed by atoms with E-state index in [4.69, 9.17) is 5.26 Å². The summed E-state index contributed by atoms with van der Waals surface area (Å²) >= 11 is 0. The molecule has 4 rings (SSSR count). The predicted octanol–water partition coefficient (Wildman–Crippen LogP) is 4.38. The second kappa shape index (κ2) is 5.64. The Balaban J connectivity index is 1.96. The number of hydrogen-bond acceptors (Lipinski definition) is 2. The van der Waals surface area contributed by atoms with Gasteiger partial charge in [-0.05, 0) is 29.3 Å². The molecule has 3 heteroatoms. The van der Waals surface area contributed by atoms with Gasteiger partial charge in [-0.2, -0.15) is 5.26 Å². The minimum Gasteiger partial charge on any atom is -0.309 e. The average Bonchev–Trinajstić information content (AvgIpc) is 2.97. The molecule has 0 radical (unpaired) electrons. The van der Waals surface area contributed by atoms with Crippen LogP contribution in [0.4, 0.5) is 0 Å². The fourth-order valence-electron chi connectivity index (χ4n) is 3.16. The molecule has 2 nitrogen and oxygen atoms in total. The summed E-state index contributed by atoms with van der Waals surface area (Å²) in [6.45, 7) is 0. The molecular weight excluding hydrogens is 313 g/mol. The van der Waals surface area contributed by atoms with Crippen LogP contribution in [0, 0.1) is 11.3 Å². The Bertz CT molecular complexity index is 1030. The lowest BCUT2D eigenvalue weighted by Gasteiger charge is -2.19. The van der Waals surface area contributed by atoms with Gasteiger partial charge in [0, 0.05) is 15.9 Å². The van der Waals surface area contributed by atoms with Gasteiger partial charge in [0.25, 0.3) is 0 Å². The van der Waals surface area contributed by atoms with Gasteiger partial charge in [-0.3, -0.25) is 0 Å². The molecular formula is C21H14NOP. The first-order valence-corrected chi connectivity index (χ1v) is 9.42. The molecule has 0 N–H and O–H groups in total. The maximum atomic E-state index is 14.2. The van der Waals surface area contributed by atoms with Crippen LogP contribution in [-0.2, 0) is 4.57 Å². The SMILES string of the molecule is N#Cc1ccc(C2=Cc3ccccc3P2(=O)c2ccccc2)cc1. The summed E-state index contributed by atoms with van der Waals surface area (Å²) in [6.07, 6.45) is 2.02. The van der Waals surface area contributed by atoms with Crippen molar-refractivity contribution in [2.24, 2.45) is 0 Å². The fraction of sp³-hybridized carbons (Fsp3) is 0. The Labute approximate surface area is 141 Å². The van der Waals surface area contributed by atoms with Crippen LogP contribution in [0.1, 0.15) is 16.7 Å². The Kier molecular flexibility index (Phi) is 3.45. The number of hydrogen-bond donors (Lipinski definition) is 0. The molecule has 1 heterocycles. The molecule has 1 unspecified atom stereocenters. The Hall–Kier alpha value is -2.88. The van der Waals surface area contributed by atoms with E-state index < -0.39 is 7.14 Å². The van der Waals surface area contributed by atoms with Crippen LogP contribution in [0.5, 0.6) is 0 Å². The molecule has 1 aliphatic heterocycles. The van der Waals surface area contributed by atoms with Crippen molar-refractivity contribution in [3.05, 3.63) is 95.6 Å². The first-order valence-electron chi connectivity index (χ1n) is 7.71. The van der Waals surface area contributed by atoms with E-state index in [0.29, 0.717) is 5.56 Å². The highest BCUT2D eigenvalue weighted by atomic mass is 31.2. The van der Waals surface area contributed by atoms with Crippen LogP contribution in [0.15, 0.2) is 78.9 Å². The van der Waals surface area contributed by atoms with Gasteiger partial charge in [-0.15, -0.1) is 0 Å². The third kappa shape index (κ3) is 2.14. The number of nitrogens with zero attached hydrogens (tertiary/aromatic N) is 1. The molecule has 114 valence electrons. The first-order chi connectivity index (χ1) is 11.7. The zero-order chi connectivity index (χ0) is 16.6. The van der Waals surface area contributed by atoms with Gasteiger partial charge >= 0.3 is 0 Å². The van der Waals surface area contributed by atoms with Gasteiger partial charge in [0.2, 0.25) is 0 Å². The third-order valence-electron chi connectivity index (χ3n) is 4.34. The van der Waals surface area contributed by atoms with Crippen LogP contribution in [0.2, 0.25) is 0 Å². The van der Waals surface area contributed by atoms with Gasteiger partial charge in [-0.1, -0.05) is 66.7 Å². The molecule has 1 aliphatic rings. The Morgan fingerprint density at radius 3 is 2.17 bits per heavy atom. The largest absolute Gasteiger partial charge is 0.309 e. The summed E-state index contributed by atoms with van der Waals surface area (Å²) in [6, 6.07) is 26.9. The monoisotopic (exact) mass is 327 g/mol. The van der Waals surface area contributed by atoms with Crippen molar-refractivity contribution < 1.29 is 4.57 Å². The molecule has 3 aromatic rings. The lowest BCUT2D eigenvalue weighted by molar-refractivity contribution is 0.593. The summed E-state index contributed by atoms with van der Waals surface area (Å²) < 4.78 is 14.2.